The Hall–Kier alpha value is -2.41. The Morgan fingerprint density at radius 1 is 1.38 bits per heavy atom. The molecule has 1 aromatic carbocycles. The summed E-state index contributed by atoms with van der Waals surface area (Å²) >= 11 is 0. The third-order valence-electron chi connectivity index (χ3n) is 5.10. The summed E-state index contributed by atoms with van der Waals surface area (Å²) in [6.45, 7) is 3.98. The van der Waals surface area contributed by atoms with E-state index in [1.54, 1.807) is 18.2 Å². The second-order valence-electron chi connectivity index (χ2n) is 6.85. The molecule has 0 unspecified atom stereocenters. The standard InChI is InChI=1S/C19H27N5O2/c1-14(12-15-6-4-5-7-18(15)26-3)23(2)19(25)17-13-24(22-21-17)16-8-10-20-11-9-16/h4-7,13-14,16,20H,8-12H2,1-3H3/t14-/m1/s1. The first kappa shape index (κ1) is 18.4. The lowest BCUT2D eigenvalue weighted by molar-refractivity contribution is 0.0737. The van der Waals surface area contributed by atoms with Crippen LogP contribution in [-0.2, 0) is 6.42 Å². The number of para-hydroxylation sites is 1. The maximum absolute atomic E-state index is 12.8. The number of rotatable bonds is 6. The van der Waals surface area contributed by atoms with Crippen molar-refractivity contribution in [2.24, 2.45) is 0 Å². The Morgan fingerprint density at radius 3 is 2.85 bits per heavy atom. The molecule has 0 bridgehead atoms. The molecule has 1 atom stereocenters. The van der Waals surface area contributed by atoms with Crippen molar-refractivity contribution in [3.05, 3.63) is 41.7 Å². The van der Waals surface area contributed by atoms with Crippen LogP contribution in [0, 0.1) is 0 Å². The van der Waals surface area contributed by atoms with Gasteiger partial charge < -0.3 is 15.0 Å². The smallest absolute Gasteiger partial charge is 0.276 e. The first-order chi connectivity index (χ1) is 12.6. The molecule has 1 amide bonds. The molecule has 1 N–H and O–H groups in total. The molecule has 0 spiro atoms. The Labute approximate surface area is 154 Å². The maximum Gasteiger partial charge on any atom is 0.276 e. The summed E-state index contributed by atoms with van der Waals surface area (Å²) in [5, 5.41) is 11.6. The Bertz CT molecular complexity index is 739. The normalized spacial score (nSPS) is 16.3. The molecule has 26 heavy (non-hydrogen) atoms. The number of methoxy groups -OCH3 is 1. The molecule has 2 aromatic rings. The van der Waals surface area contributed by atoms with E-state index < -0.39 is 0 Å². The van der Waals surface area contributed by atoms with Gasteiger partial charge in [0.2, 0.25) is 0 Å². The quantitative estimate of drug-likeness (QED) is 0.855. The van der Waals surface area contributed by atoms with Crippen LogP contribution < -0.4 is 10.1 Å². The van der Waals surface area contributed by atoms with E-state index in [-0.39, 0.29) is 11.9 Å². The van der Waals surface area contributed by atoms with Crippen molar-refractivity contribution in [2.75, 3.05) is 27.2 Å². The minimum Gasteiger partial charge on any atom is -0.496 e. The first-order valence-electron chi connectivity index (χ1n) is 9.11. The third kappa shape index (κ3) is 4.04. The van der Waals surface area contributed by atoms with Crippen LogP contribution in [0.1, 0.15) is 41.9 Å². The van der Waals surface area contributed by atoms with Crippen LogP contribution in [0.15, 0.2) is 30.5 Å². The molecule has 2 heterocycles. The Morgan fingerprint density at radius 2 is 2.12 bits per heavy atom. The number of hydrogen-bond acceptors (Lipinski definition) is 5. The van der Waals surface area contributed by atoms with E-state index in [0.717, 1.165) is 37.2 Å². The molecular formula is C19H27N5O2. The fourth-order valence-electron chi connectivity index (χ4n) is 3.33. The van der Waals surface area contributed by atoms with Crippen LogP contribution in [0.5, 0.6) is 5.75 Å². The van der Waals surface area contributed by atoms with E-state index in [1.165, 1.54) is 0 Å². The highest BCUT2D eigenvalue weighted by atomic mass is 16.5. The summed E-state index contributed by atoms with van der Waals surface area (Å²) in [7, 11) is 3.48. The predicted octanol–water partition coefficient (Wildman–Crippen LogP) is 1.91. The monoisotopic (exact) mass is 357 g/mol. The van der Waals surface area contributed by atoms with Gasteiger partial charge in [0.05, 0.1) is 19.3 Å². The van der Waals surface area contributed by atoms with E-state index >= 15 is 0 Å². The number of amides is 1. The van der Waals surface area contributed by atoms with Crippen molar-refractivity contribution < 1.29 is 9.53 Å². The Kier molecular flexibility index (Phi) is 5.88. The van der Waals surface area contributed by atoms with Crippen molar-refractivity contribution in [3.63, 3.8) is 0 Å². The minimum absolute atomic E-state index is 0.0165. The lowest BCUT2D eigenvalue weighted by Crippen LogP contribution is -2.36. The van der Waals surface area contributed by atoms with Crippen LogP contribution >= 0.6 is 0 Å². The number of likely N-dealkylation sites (N-methyl/N-ethyl adjacent to an activating group) is 1. The highest BCUT2D eigenvalue weighted by Crippen LogP contribution is 2.21. The largest absolute Gasteiger partial charge is 0.496 e. The summed E-state index contributed by atoms with van der Waals surface area (Å²) in [6.07, 6.45) is 4.52. The molecule has 0 saturated carbocycles. The van der Waals surface area contributed by atoms with Gasteiger partial charge in [-0.3, -0.25) is 4.79 Å². The summed E-state index contributed by atoms with van der Waals surface area (Å²) in [5.74, 6) is 0.740. The van der Waals surface area contributed by atoms with Crippen LogP contribution in [0.2, 0.25) is 0 Å². The highest BCUT2D eigenvalue weighted by Gasteiger charge is 2.23. The van der Waals surface area contributed by atoms with E-state index in [0.29, 0.717) is 18.2 Å². The SMILES string of the molecule is COc1ccccc1C[C@@H](C)N(C)C(=O)c1cn(C2CCNCC2)nn1. The summed E-state index contributed by atoms with van der Waals surface area (Å²) in [5.41, 5.74) is 1.48. The second kappa shape index (κ2) is 8.31. The van der Waals surface area contributed by atoms with Crippen LogP contribution in [0.4, 0.5) is 0 Å². The van der Waals surface area contributed by atoms with Crippen molar-refractivity contribution in [3.8, 4) is 5.75 Å². The molecule has 0 aliphatic carbocycles. The van der Waals surface area contributed by atoms with Gasteiger partial charge in [0.15, 0.2) is 5.69 Å². The number of nitrogens with zero attached hydrogens (tertiary/aromatic N) is 4. The number of hydrogen-bond donors (Lipinski definition) is 1. The van der Waals surface area contributed by atoms with E-state index in [4.69, 9.17) is 4.74 Å². The zero-order chi connectivity index (χ0) is 18.5. The number of carbonyl (C=O) groups excluding carboxylic acids is 1. The lowest BCUT2D eigenvalue weighted by atomic mass is 10.0. The average Bonchev–Trinajstić information content (AvgIpc) is 3.18. The van der Waals surface area contributed by atoms with Gasteiger partial charge in [-0.15, -0.1) is 5.10 Å². The van der Waals surface area contributed by atoms with Crippen molar-refractivity contribution in [2.45, 2.75) is 38.3 Å². The maximum atomic E-state index is 12.8. The molecule has 1 saturated heterocycles. The third-order valence-corrected chi connectivity index (χ3v) is 5.10. The zero-order valence-electron chi connectivity index (χ0n) is 15.7. The lowest BCUT2D eigenvalue weighted by Gasteiger charge is -2.25. The molecule has 1 aliphatic heterocycles. The van der Waals surface area contributed by atoms with E-state index in [1.807, 2.05) is 42.9 Å². The van der Waals surface area contributed by atoms with Crippen molar-refractivity contribution in [1.29, 1.82) is 0 Å². The topological polar surface area (TPSA) is 72.3 Å². The van der Waals surface area contributed by atoms with E-state index in [2.05, 4.69) is 15.6 Å². The van der Waals surface area contributed by atoms with Gasteiger partial charge in [-0.2, -0.15) is 0 Å². The van der Waals surface area contributed by atoms with Gasteiger partial charge >= 0.3 is 0 Å². The number of carbonyl (C=O) groups is 1. The highest BCUT2D eigenvalue weighted by molar-refractivity contribution is 5.91. The number of nitrogens with one attached hydrogen (secondary N) is 1. The summed E-state index contributed by atoms with van der Waals surface area (Å²) in [4.78, 5) is 14.5. The van der Waals surface area contributed by atoms with Crippen LogP contribution in [-0.4, -0.2) is 59.1 Å². The molecule has 7 nitrogen and oxygen atoms in total. The summed E-state index contributed by atoms with van der Waals surface area (Å²) < 4.78 is 7.25. The molecular weight excluding hydrogens is 330 g/mol. The zero-order valence-corrected chi connectivity index (χ0v) is 15.7. The summed E-state index contributed by atoms with van der Waals surface area (Å²) in [6, 6.07) is 8.23. The fourth-order valence-corrected chi connectivity index (χ4v) is 3.33. The number of aromatic nitrogens is 3. The molecule has 0 radical (unpaired) electrons. The predicted molar refractivity (Wildman–Crippen MR) is 99.4 cm³/mol. The molecule has 3 rings (SSSR count). The second-order valence-corrected chi connectivity index (χ2v) is 6.85. The van der Waals surface area contributed by atoms with E-state index in [9.17, 15) is 4.79 Å². The number of ether oxygens (including phenoxy) is 1. The van der Waals surface area contributed by atoms with Gasteiger partial charge in [0.25, 0.3) is 5.91 Å². The van der Waals surface area contributed by atoms with Crippen LogP contribution in [0.25, 0.3) is 0 Å². The molecule has 1 aliphatic rings. The average molecular weight is 357 g/mol. The number of piperidine rings is 1. The first-order valence-corrected chi connectivity index (χ1v) is 9.11. The van der Waals surface area contributed by atoms with Crippen molar-refractivity contribution in [1.82, 2.24) is 25.2 Å². The Balaban J connectivity index is 1.66. The van der Waals surface area contributed by atoms with Crippen molar-refractivity contribution >= 4 is 5.91 Å². The van der Waals surface area contributed by atoms with Crippen LogP contribution in [0.3, 0.4) is 0 Å². The number of benzene rings is 1. The van der Waals surface area contributed by atoms with Gasteiger partial charge in [0, 0.05) is 13.1 Å². The van der Waals surface area contributed by atoms with Gasteiger partial charge in [-0.05, 0) is 50.9 Å². The fraction of sp³-hybridized carbons (Fsp3) is 0.526. The molecule has 7 heteroatoms. The minimum atomic E-state index is -0.104. The molecule has 140 valence electrons. The van der Waals surface area contributed by atoms with Gasteiger partial charge in [0.1, 0.15) is 5.75 Å². The van der Waals surface area contributed by atoms with Gasteiger partial charge in [-0.1, -0.05) is 23.4 Å². The van der Waals surface area contributed by atoms with Gasteiger partial charge in [-0.25, -0.2) is 4.68 Å². The molecule has 1 fully saturated rings. The molecule has 1 aromatic heterocycles.